The van der Waals surface area contributed by atoms with Gasteiger partial charge in [-0.25, -0.2) is 4.68 Å². The van der Waals surface area contributed by atoms with Crippen LogP contribution in [0.4, 0.5) is 5.69 Å². The highest BCUT2D eigenvalue weighted by molar-refractivity contribution is 6.00. The van der Waals surface area contributed by atoms with Crippen LogP contribution in [0.1, 0.15) is 18.5 Å². The van der Waals surface area contributed by atoms with Crippen molar-refractivity contribution in [1.82, 2.24) is 9.36 Å². The maximum absolute atomic E-state index is 12.6. The molecule has 1 fully saturated rings. The molecule has 1 amide bonds. The Bertz CT molecular complexity index is 754. The second kappa shape index (κ2) is 4.60. The molecule has 21 heavy (non-hydrogen) atoms. The van der Waals surface area contributed by atoms with Crippen molar-refractivity contribution in [3.8, 4) is 5.69 Å². The van der Waals surface area contributed by atoms with Crippen molar-refractivity contribution in [1.29, 1.82) is 0 Å². The van der Waals surface area contributed by atoms with E-state index in [2.05, 4.69) is 5.32 Å². The summed E-state index contributed by atoms with van der Waals surface area (Å²) in [7, 11) is 1.79. The molecule has 1 aliphatic carbocycles. The molecule has 6 heteroatoms. The summed E-state index contributed by atoms with van der Waals surface area (Å²) in [4.78, 5) is 24.6. The first-order valence-electron chi connectivity index (χ1n) is 6.88. The van der Waals surface area contributed by atoms with Crippen LogP contribution in [-0.4, -0.2) is 20.8 Å². The van der Waals surface area contributed by atoms with Gasteiger partial charge in [0.2, 0.25) is 5.91 Å². The minimum Gasteiger partial charge on any atom is -0.318 e. The average molecular weight is 286 g/mol. The predicted octanol–water partition coefficient (Wildman–Crippen LogP) is 0.914. The van der Waals surface area contributed by atoms with Crippen LogP contribution in [-0.2, 0) is 11.8 Å². The Kier molecular flexibility index (Phi) is 2.98. The number of benzene rings is 1. The van der Waals surface area contributed by atoms with Crippen molar-refractivity contribution in [2.45, 2.75) is 25.3 Å². The minimum absolute atomic E-state index is 0.251. The van der Waals surface area contributed by atoms with Crippen LogP contribution in [0.25, 0.3) is 5.69 Å². The van der Waals surface area contributed by atoms with E-state index in [-0.39, 0.29) is 11.5 Å². The molecule has 0 bridgehead atoms. The van der Waals surface area contributed by atoms with Crippen LogP contribution in [0.15, 0.2) is 35.1 Å². The fraction of sp³-hybridized carbons (Fsp3) is 0.333. The Labute approximate surface area is 122 Å². The molecule has 1 aliphatic rings. The summed E-state index contributed by atoms with van der Waals surface area (Å²) in [6.07, 6.45) is 1.33. The van der Waals surface area contributed by atoms with Gasteiger partial charge in [-0.15, -0.1) is 0 Å². The number of carbonyl (C=O) groups excluding carboxylic acids is 1. The number of nitrogens with zero attached hydrogens (tertiary/aromatic N) is 2. The first-order valence-corrected chi connectivity index (χ1v) is 6.88. The van der Waals surface area contributed by atoms with Crippen molar-refractivity contribution in [2.75, 3.05) is 5.32 Å². The summed E-state index contributed by atoms with van der Waals surface area (Å²) >= 11 is 0. The van der Waals surface area contributed by atoms with Gasteiger partial charge in [0.15, 0.2) is 0 Å². The van der Waals surface area contributed by atoms with Crippen molar-refractivity contribution in [2.24, 2.45) is 12.8 Å². The highest BCUT2D eigenvalue weighted by atomic mass is 16.2. The molecule has 110 valence electrons. The van der Waals surface area contributed by atoms with E-state index in [0.29, 0.717) is 24.2 Å². The van der Waals surface area contributed by atoms with Gasteiger partial charge >= 0.3 is 0 Å². The van der Waals surface area contributed by atoms with E-state index >= 15 is 0 Å². The molecule has 1 aromatic carbocycles. The maximum atomic E-state index is 12.6. The summed E-state index contributed by atoms with van der Waals surface area (Å²) in [6.45, 7) is 1.80. The number of carbonyl (C=O) groups is 1. The number of anilines is 1. The molecule has 0 saturated heterocycles. The summed E-state index contributed by atoms with van der Waals surface area (Å²) in [6, 6.07) is 9.30. The van der Waals surface area contributed by atoms with Crippen LogP contribution < -0.4 is 16.6 Å². The van der Waals surface area contributed by atoms with Gasteiger partial charge in [0.25, 0.3) is 5.56 Å². The molecule has 1 saturated carbocycles. The molecule has 1 aromatic heterocycles. The molecule has 0 aliphatic heterocycles. The van der Waals surface area contributed by atoms with E-state index in [4.69, 9.17) is 5.73 Å². The number of nitrogens with two attached hydrogens (primary N) is 1. The van der Waals surface area contributed by atoms with Crippen molar-refractivity contribution in [3.63, 3.8) is 0 Å². The lowest BCUT2D eigenvalue weighted by Crippen LogP contribution is -2.39. The average Bonchev–Trinajstić information content (AvgIpc) is 3.19. The van der Waals surface area contributed by atoms with Gasteiger partial charge in [0.1, 0.15) is 5.69 Å². The molecule has 0 radical (unpaired) electrons. The topological polar surface area (TPSA) is 82.1 Å². The zero-order valence-corrected chi connectivity index (χ0v) is 12.1. The Balaban J connectivity index is 2.04. The monoisotopic (exact) mass is 286 g/mol. The summed E-state index contributed by atoms with van der Waals surface area (Å²) in [5, 5.41) is 2.69. The fourth-order valence-corrected chi connectivity index (χ4v) is 2.31. The van der Waals surface area contributed by atoms with Crippen LogP contribution in [0.5, 0.6) is 0 Å². The van der Waals surface area contributed by atoms with Crippen LogP contribution in [0.2, 0.25) is 0 Å². The largest absolute Gasteiger partial charge is 0.318 e. The lowest BCUT2D eigenvalue weighted by Gasteiger charge is -2.08. The Morgan fingerprint density at radius 1 is 1.29 bits per heavy atom. The number of para-hydroxylation sites is 1. The molecule has 0 atom stereocenters. The molecule has 2 aromatic rings. The third-order valence-corrected chi connectivity index (χ3v) is 4.03. The molecule has 3 rings (SSSR count). The first-order chi connectivity index (χ1) is 9.94. The van der Waals surface area contributed by atoms with E-state index in [0.717, 1.165) is 5.69 Å². The quantitative estimate of drug-likeness (QED) is 0.880. The van der Waals surface area contributed by atoms with Crippen LogP contribution in [0, 0.1) is 6.92 Å². The lowest BCUT2D eigenvalue weighted by molar-refractivity contribution is -0.118. The zero-order chi connectivity index (χ0) is 15.2. The van der Waals surface area contributed by atoms with E-state index in [1.54, 1.807) is 18.7 Å². The van der Waals surface area contributed by atoms with Gasteiger partial charge in [0.05, 0.1) is 16.9 Å². The molecule has 6 nitrogen and oxygen atoms in total. The third-order valence-electron chi connectivity index (χ3n) is 4.03. The second-order valence-corrected chi connectivity index (χ2v) is 5.55. The van der Waals surface area contributed by atoms with E-state index in [9.17, 15) is 9.59 Å². The standard InChI is InChI=1S/C15H18N4O2/c1-10-12(17-14(21)15(16)8-9-15)13(20)19(18(10)2)11-6-4-3-5-7-11/h3-7H,8-9,16H2,1-2H3,(H,17,21). The van der Waals surface area contributed by atoms with Gasteiger partial charge in [-0.05, 0) is 31.9 Å². The fourth-order valence-electron chi connectivity index (χ4n) is 2.31. The first kappa shape index (κ1) is 13.6. The zero-order valence-electron chi connectivity index (χ0n) is 12.1. The van der Waals surface area contributed by atoms with Gasteiger partial charge in [0, 0.05) is 7.05 Å². The summed E-state index contributed by atoms with van der Waals surface area (Å²) in [5.41, 5.74) is 6.56. The number of rotatable bonds is 3. The predicted molar refractivity (Wildman–Crippen MR) is 80.5 cm³/mol. The van der Waals surface area contributed by atoms with Gasteiger partial charge < -0.3 is 11.1 Å². The SMILES string of the molecule is Cc1c(NC(=O)C2(N)CC2)c(=O)n(-c2ccccc2)n1C. The Hall–Kier alpha value is -2.34. The van der Waals surface area contributed by atoms with Crippen LogP contribution >= 0.6 is 0 Å². The highest BCUT2D eigenvalue weighted by Gasteiger charge is 2.46. The number of amides is 1. The van der Waals surface area contributed by atoms with E-state index in [1.807, 2.05) is 30.3 Å². The molecular formula is C15H18N4O2. The minimum atomic E-state index is -0.799. The third kappa shape index (κ3) is 2.17. The Morgan fingerprint density at radius 2 is 1.90 bits per heavy atom. The molecule has 0 unspecified atom stereocenters. The number of hydrogen-bond acceptors (Lipinski definition) is 3. The number of hydrogen-bond donors (Lipinski definition) is 2. The van der Waals surface area contributed by atoms with Crippen molar-refractivity contribution < 1.29 is 4.79 Å². The van der Waals surface area contributed by atoms with Crippen molar-refractivity contribution >= 4 is 11.6 Å². The van der Waals surface area contributed by atoms with E-state index in [1.165, 1.54) is 4.68 Å². The van der Waals surface area contributed by atoms with Crippen molar-refractivity contribution in [3.05, 3.63) is 46.4 Å². The molecular weight excluding hydrogens is 268 g/mol. The van der Waals surface area contributed by atoms with Gasteiger partial charge in [-0.2, -0.15) is 0 Å². The van der Waals surface area contributed by atoms with Gasteiger partial charge in [-0.3, -0.25) is 14.3 Å². The Morgan fingerprint density at radius 3 is 2.48 bits per heavy atom. The van der Waals surface area contributed by atoms with Gasteiger partial charge in [-0.1, -0.05) is 18.2 Å². The van der Waals surface area contributed by atoms with E-state index < -0.39 is 5.54 Å². The second-order valence-electron chi connectivity index (χ2n) is 5.55. The number of nitrogens with one attached hydrogen (secondary N) is 1. The number of aromatic nitrogens is 2. The highest BCUT2D eigenvalue weighted by Crippen LogP contribution is 2.33. The summed E-state index contributed by atoms with van der Waals surface area (Å²) in [5.74, 6) is -0.284. The normalized spacial score (nSPS) is 15.8. The molecule has 1 heterocycles. The van der Waals surface area contributed by atoms with Crippen LogP contribution in [0.3, 0.4) is 0 Å². The molecule has 0 spiro atoms. The lowest BCUT2D eigenvalue weighted by atomic mass is 10.2. The summed E-state index contributed by atoms with van der Waals surface area (Å²) < 4.78 is 3.25. The molecule has 3 N–H and O–H groups in total. The maximum Gasteiger partial charge on any atom is 0.295 e. The smallest absolute Gasteiger partial charge is 0.295 e.